The van der Waals surface area contributed by atoms with Crippen LogP contribution in [0.5, 0.6) is 5.75 Å². The lowest BCUT2D eigenvalue weighted by Crippen LogP contribution is -2.05. The predicted molar refractivity (Wildman–Crippen MR) is 58.8 cm³/mol. The summed E-state index contributed by atoms with van der Waals surface area (Å²) in [5.74, 6) is 0.661. The van der Waals surface area contributed by atoms with Crippen molar-refractivity contribution < 1.29 is 22.9 Å². The summed E-state index contributed by atoms with van der Waals surface area (Å²) in [5.41, 5.74) is 0.0383. The number of ether oxygens (including phenoxy) is 1. The Balaban J connectivity index is 1.99. The largest absolute Gasteiger partial charge is 0.488 e. The normalized spacial score (nSPS) is 11.3. The van der Waals surface area contributed by atoms with E-state index in [-0.39, 0.29) is 6.61 Å². The molecule has 2 nitrogen and oxygen atoms in total. The summed E-state index contributed by atoms with van der Waals surface area (Å²) in [4.78, 5) is 2.85. The van der Waals surface area contributed by atoms with Gasteiger partial charge in [0, 0.05) is 12.1 Å². The number of hydrogen-bond acceptors (Lipinski definition) is 1. The van der Waals surface area contributed by atoms with E-state index in [1.54, 1.807) is 24.5 Å². The van der Waals surface area contributed by atoms with E-state index in [0.29, 0.717) is 11.3 Å². The number of pyridine rings is 1. The fourth-order valence-electron chi connectivity index (χ4n) is 1.42. The molecule has 0 radical (unpaired) electrons. The van der Waals surface area contributed by atoms with Crippen molar-refractivity contribution in [2.45, 2.75) is 12.8 Å². The van der Waals surface area contributed by atoms with Gasteiger partial charge < -0.3 is 4.74 Å². The Morgan fingerprint density at radius 2 is 1.56 bits per heavy atom. The molecule has 0 fully saturated rings. The molecule has 0 aliphatic heterocycles. The van der Waals surface area contributed by atoms with E-state index in [1.807, 2.05) is 0 Å². The number of H-pyrrole nitrogens is 1. The SMILES string of the molecule is FC(F)(F)c1ccc(COc2cc[nH+]cc2)cc1. The topological polar surface area (TPSA) is 23.4 Å². The van der Waals surface area contributed by atoms with Gasteiger partial charge in [0.2, 0.25) is 0 Å². The second-order valence-electron chi connectivity index (χ2n) is 3.72. The summed E-state index contributed by atoms with van der Waals surface area (Å²) in [6.07, 6.45) is -0.876. The predicted octanol–water partition coefficient (Wildman–Crippen LogP) is 3.10. The van der Waals surface area contributed by atoms with E-state index in [2.05, 4.69) is 4.98 Å². The fraction of sp³-hybridized carbons (Fsp3) is 0.154. The molecular weight excluding hydrogens is 243 g/mol. The lowest BCUT2D eigenvalue weighted by Gasteiger charge is -2.08. The molecule has 94 valence electrons. The van der Waals surface area contributed by atoms with Crippen LogP contribution in [-0.2, 0) is 12.8 Å². The number of halogens is 3. The Morgan fingerprint density at radius 3 is 2.11 bits per heavy atom. The van der Waals surface area contributed by atoms with Crippen LogP contribution in [0.4, 0.5) is 13.2 Å². The molecule has 1 N–H and O–H groups in total. The first-order valence-corrected chi connectivity index (χ1v) is 5.31. The van der Waals surface area contributed by atoms with Gasteiger partial charge >= 0.3 is 6.18 Å². The number of nitrogens with one attached hydrogen (secondary N) is 1. The fourth-order valence-corrected chi connectivity index (χ4v) is 1.42. The molecule has 0 aliphatic rings. The van der Waals surface area contributed by atoms with E-state index >= 15 is 0 Å². The number of aromatic amines is 1. The van der Waals surface area contributed by atoms with E-state index in [0.717, 1.165) is 12.1 Å². The van der Waals surface area contributed by atoms with Gasteiger partial charge in [-0.25, -0.2) is 4.98 Å². The first-order valence-electron chi connectivity index (χ1n) is 5.31. The molecule has 0 saturated heterocycles. The zero-order valence-electron chi connectivity index (χ0n) is 9.37. The third-order valence-corrected chi connectivity index (χ3v) is 2.37. The van der Waals surface area contributed by atoms with Gasteiger partial charge in [-0.15, -0.1) is 0 Å². The van der Waals surface area contributed by atoms with Gasteiger partial charge in [0.05, 0.1) is 5.56 Å². The van der Waals surface area contributed by atoms with E-state index in [1.165, 1.54) is 12.1 Å². The van der Waals surface area contributed by atoms with Crippen molar-refractivity contribution in [2.75, 3.05) is 0 Å². The summed E-state index contributed by atoms with van der Waals surface area (Å²) in [6, 6.07) is 8.42. The third kappa shape index (κ3) is 3.23. The van der Waals surface area contributed by atoms with Crippen LogP contribution in [0, 0.1) is 0 Å². The van der Waals surface area contributed by atoms with Crippen molar-refractivity contribution in [2.24, 2.45) is 0 Å². The van der Waals surface area contributed by atoms with Crippen molar-refractivity contribution in [1.29, 1.82) is 0 Å². The highest BCUT2D eigenvalue weighted by Gasteiger charge is 2.29. The van der Waals surface area contributed by atoms with Crippen LogP contribution >= 0.6 is 0 Å². The average Bonchev–Trinajstić information content (AvgIpc) is 2.37. The van der Waals surface area contributed by atoms with Crippen molar-refractivity contribution in [3.05, 3.63) is 59.9 Å². The standard InChI is InChI=1S/C13H10F3NO/c14-13(15,16)11-3-1-10(2-4-11)9-18-12-5-7-17-8-6-12/h1-8H,9H2/p+1. The summed E-state index contributed by atoms with van der Waals surface area (Å²) in [6.45, 7) is 0.238. The van der Waals surface area contributed by atoms with Gasteiger partial charge in [0.25, 0.3) is 0 Å². The molecule has 18 heavy (non-hydrogen) atoms. The van der Waals surface area contributed by atoms with Crippen molar-refractivity contribution in [3.8, 4) is 5.75 Å². The third-order valence-electron chi connectivity index (χ3n) is 2.37. The molecule has 2 rings (SSSR count). The highest BCUT2D eigenvalue weighted by Crippen LogP contribution is 2.29. The summed E-state index contributed by atoms with van der Waals surface area (Å²) >= 11 is 0. The minimum atomic E-state index is -4.30. The molecule has 0 spiro atoms. The zero-order valence-corrected chi connectivity index (χ0v) is 9.37. The molecule has 0 saturated carbocycles. The van der Waals surface area contributed by atoms with Crippen molar-refractivity contribution >= 4 is 0 Å². The van der Waals surface area contributed by atoms with Crippen LogP contribution in [0.1, 0.15) is 11.1 Å². The molecule has 0 bridgehead atoms. The van der Waals surface area contributed by atoms with Crippen LogP contribution < -0.4 is 9.72 Å². The van der Waals surface area contributed by atoms with Crippen LogP contribution in [-0.4, -0.2) is 0 Å². The first-order chi connectivity index (χ1) is 8.55. The van der Waals surface area contributed by atoms with Crippen LogP contribution in [0.3, 0.4) is 0 Å². The highest BCUT2D eigenvalue weighted by molar-refractivity contribution is 5.25. The Bertz CT molecular complexity index is 494. The Morgan fingerprint density at radius 1 is 0.944 bits per heavy atom. The number of rotatable bonds is 3. The molecule has 1 heterocycles. The smallest absolute Gasteiger partial charge is 0.416 e. The maximum atomic E-state index is 12.3. The van der Waals surface area contributed by atoms with Gasteiger partial charge in [0.1, 0.15) is 12.4 Å². The minimum absolute atomic E-state index is 0.238. The highest BCUT2D eigenvalue weighted by atomic mass is 19.4. The van der Waals surface area contributed by atoms with Crippen LogP contribution in [0.15, 0.2) is 48.8 Å². The zero-order chi connectivity index (χ0) is 13.0. The second kappa shape index (κ2) is 5.08. The molecule has 1 aromatic heterocycles. The van der Waals surface area contributed by atoms with Gasteiger partial charge in [-0.2, -0.15) is 13.2 Å². The molecule has 2 aromatic rings. The molecule has 0 amide bonds. The van der Waals surface area contributed by atoms with Gasteiger partial charge in [-0.1, -0.05) is 12.1 Å². The minimum Gasteiger partial charge on any atom is -0.488 e. The number of alkyl halides is 3. The maximum Gasteiger partial charge on any atom is 0.416 e. The molecule has 5 heteroatoms. The molecule has 0 aliphatic carbocycles. The monoisotopic (exact) mass is 254 g/mol. The summed E-state index contributed by atoms with van der Waals surface area (Å²) < 4.78 is 42.4. The molecule has 0 unspecified atom stereocenters. The molecule has 0 atom stereocenters. The summed E-state index contributed by atoms with van der Waals surface area (Å²) in [7, 11) is 0. The van der Waals surface area contributed by atoms with E-state index in [9.17, 15) is 13.2 Å². The quantitative estimate of drug-likeness (QED) is 0.825. The van der Waals surface area contributed by atoms with E-state index in [4.69, 9.17) is 4.74 Å². The number of benzene rings is 1. The van der Waals surface area contributed by atoms with Gasteiger partial charge in [-0.3, -0.25) is 0 Å². The summed E-state index contributed by atoms with van der Waals surface area (Å²) in [5, 5.41) is 0. The van der Waals surface area contributed by atoms with Crippen molar-refractivity contribution in [1.82, 2.24) is 0 Å². The first kappa shape index (κ1) is 12.4. The van der Waals surface area contributed by atoms with Crippen LogP contribution in [0.25, 0.3) is 0 Å². The second-order valence-corrected chi connectivity index (χ2v) is 3.72. The maximum absolute atomic E-state index is 12.3. The number of hydrogen-bond donors (Lipinski definition) is 0. The lowest BCUT2D eigenvalue weighted by atomic mass is 10.1. The Labute approximate surface area is 102 Å². The van der Waals surface area contributed by atoms with Gasteiger partial charge in [-0.05, 0) is 17.7 Å². The van der Waals surface area contributed by atoms with Gasteiger partial charge in [0.15, 0.2) is 12.4 Å². The number of aromatic nitrogens is 1. The average molecular weight is 254 g/mol. The van der Waals surface area contributed by atoms with E-state index < -0.39 is 11.7 Å². The molecule has 1 aromatic carbocycles. The Kier molecular flexibility index (Phi) is 3.50. The van der Waals surface area contributed by atoms with Crippen molar-refractivity contribution in [3.63, 3.8) is 0 Å². The lowest BCUT2D eigenvalue weighted by molar-refractivity contribution is -0.378. The Hall–Kier alpha value is -2.04. The van der Waals surface area contributed by atoms with Crippen LogP contribution in [0.2, 0.25) is 0 Å². The molecular formula is C13H11F3NO+.